The summed E-state index contributed by atoms with van der Waals surface area (Å²) in [7, 11) is -4.39. The monoisotopic (exact) mass is 364 g/mol. The Balaban J connectivity index is 0.00000182. The predicted octanol–water partition coefficient (Wildman–Crippen LogP) is 1.75. The summed E-state index contributed by atoms with van der Waals surface area (Å²) in [5.41, 5.74) is 7.92. The summed E-state index contributed by atoms with van der Waals surface area (Å²) in [6, 6.07) is 15.2. The SMILES string of the molecule is Nc1ccccc1-n1nc2cc(S(=O)(=O)O)c3ccccc3c2n1.[NaH]. The normalized spacial score (nSPS) is 11.6. The number of hydrogen-bond acceptors (Lipinski definition) is 5. The van der Waals surface area contributed by atoms with Gasteiger partial charge in [-0.15, -0.1) is 15.0 Å². The second-order valence-electron chi connectivity index (χ2n) is 5.31. The van der Waals surface area contributed by atoms with E-state index in [2.05, 4.69) is 10.2 Å². The molecule has 7 nitrogen and oxygen atoms in total. The molecule has 0 saturated heterocycles. The molecule has 0 radical (unpaired) electrons. The van der Waals surface area contributed by atoms with E-state index in [9.17, 15) is 13.0 Å². The molecule has 0 aliphatic heterocycles. The standard InChI is InChI=1S/C16H12N4O3S.Na.H/c17-12-7-3-4-8-14(12)20-18-13-9-15(24(21,22)23)10-5-1-2-6-11(10)16(13)19-20;;/h1-9H,17H2,(H,21,22,23);;. The number of nitrogen functional groups attached to an aromatic ring is 1. The number of para-hydroxylation sites is 2. The van der Waals surface area contributed by atoms with Gasteiger partial charge in [0.05, 0.1) is 5.69 Å². The number of fused-ring (bicyclic) bond motifs is 3. The van der Waals surface area contributed by atoms with Gasteiger partial charge in [-0.05, 0) is 18.2 Å². The number of nitrogens with two attached hydrogens (primary N) is 1. The van der Waals surface area contributed by atoms with Gasteiger partial charge in [0.15, 0.2) is 0 Å². The van der Waals surface area contributed by atoms with Crippen LogP contribution in [0.25, 0.3) is 27.5 Å². The fourth-order valence-electron chi connectivity index (χ4n) is 2.70. The first-order valence-electron chi connectivity index (χ1n) is 7.06. The summed E-state index contributed by atoms with van der Waals surface area (Å²) in [4.78, 5) is 1.17. The Hall–Kier alpha value is -1.97. The molecular formula is C16H13N4NaO3S. The second kappa shape index (κ2) is 6.40. The van der Waals surface area contributed by atoms with E-state index >= 15 is 0 Å². The van der Waals surface area contributed by atoms with Crippen molar-refractivity contribution < 1.29 is 13.0 Å². The molecule has 0 fully saturated rings. The van der Waals surface area contributed by atoms with E-state index in [0.29, 0.717) is 33.2 Å². The first kappa shape index (κ1) is 17.8. The number of nitrogens with zero attached hydrogens (tertiary/aromatic N) is 3. The van der Waals surface area contributed by atoms with Crippen molar-refractivity contribution in [3.8, 4) is 5.69 Å². The zero-order valence-corrected chi connectivity index (χ0v) is 13.1. The molecule has 0 saturated carbocycles. The van der Waals surface area contributed by atoms with Gasteiger partial charge in [-0.3, -0.25) is 4.55 Å². The summed E-state index contributed by atoms with van der Waals surface area (Å²) in [6.07, 6.45) is 0. The first-order chi connectivity index (χ1) is 11.4. The van der Waals surface area contributed by atoms with Gasteiger partial charge in [-0.2, -0.15) is 8.42 Å². The van der Waals surface area contributed by atoms with Crippen molar-refractivity contribution in [2.75, 3.05) is 5.73 Å². The third-order valence-electron chi connectivity index (χ3n) is 3.79. The molecule has 1 heterocycles. The summed E-state index contributed by atoms with van der Waals surface area (Å²) in [5, 5.41) is 9.74. The molecule has 0 spiro atoms. The molecule has 4 rings (SSSR count). The molecular weight excluding hydrogens is 351 g/mol. The Kier molecular flexibility index (Phi) is 4.56. The van der Waals surface area contributed by atoms with Crippen molar-refractivity contribution >= 4 is 67.2 Å². The Morgan fingerprint density at radius 1 is 0.960 bits per heavy atom. The third-order valence-corrected chi connectivity index (χ3v) is 4.68. The predicted molar refractivity (Wildman–Crippen MR) is 97.7 cm³/mol. The van der Waals surface area contributed by atoms with Gasteiger partial charge in [0.2, 0.25) is 0 Å². The average molecular weight is 364 g/mol. The minimum absolute atomic E-state index is 0. The zero-order chi connectivity index (χ0) is 16.9. The number of anilines is 1. The van der Waals surface area contributed by atoms with Crippen LogP contribution in [0.4, 0.5) is 5.69 Å². The van der Waals surface area contributed by atoms with Crippen molar-refractivity contribution in [3.05, 3.63) is 54.6 Å². The molecule has 0 aliphatic rings. The van der Waals surface area contributed by atoms with Crippen LogP contribution in [0.3, 0.4) is 0 Å². The van der Waals surface area contributed by atoms with E-state index < -0.39 is 10.1 Å². The molecule has 9 heteroatoms. The molecule has 0 bridgehead atoms. The molecule has 3 N–H and O–H groups in total. The maximum atomic E-state index is 11.7. The Bertz CT molecular complexity index is 1200. The number of benzene rings is 3. The molecule has 122 valence electrons. The molecule has 0 atom stereocenters. The van der Waals surface area contributed by atoms with E-state index in [-0.39, 0.29) is 34.5 Å². The van der Waals surface area contributed by atoms with Crippen molar-refractivity contribution in [3.63, 3.8) is 0 Å². The van der Waals surface area contributed by atoms with E-state index in [1.807, 2.05) is 0 Å². The van der Waals surface area contributed by atoms with E-state index in [1.165, 1.54) is 10.9 Å². The van der Waals surface area contributed by atoms with Gasteiger partial charge in [0.1, 0.15) is 21.6 Å². The molecule has 1 aromatic heterocycles. The summed E-state index contributed by atoms with van der Waals surface area (Å²) in [6.45, 7) is 0. The van der Waals surface area contributed by atoms with Gasteiger partial charge >= 0.3 is 29.6 Å². The van der Waals surface area contributed by atoms with Crippen LogP contribution in [0.15, 0.2) is 59.5 Å². The Labute approximate surface area is 165 Å². The van der Waals surface area contributed by atoms with Gasteiger partial charge in [0.25, 0.3) is 10.1 Å². The van der Waals surface area contributed by atoms with Crippen molar-refractivity contribution in [1.82, 2.24) is 15.0 Å². The van der Waals surface area contributed by atoms with Crippen molar-refractivity contribution in [2.45, 2.75) is 4.90 Å². The van der Waals surface area contributed by atoms with Crippen LogP contribution in [0.1, 0.15) is 0 Å². The second-order valence-corrected chi connectivity index (χ2v) is 6.70. The zero-order valence-electron chi connectivity index (χ0n) is 12.3. The Morgan fingerprint density at radius 3 is 2.28 bits per heavy atom. The van der Waals surface area contributed by atoms with Crippen LogP contribution in [-0.2, 0) is 10.1 Å². The molecule has 0 amide bonds. The van der Waals surface area contributed by atoms with Gasteiger partial charge in [-0.25, -0.2) is 0 Å². The van der Waals surface area contributed by atoms with Crippen LogP contribution in [0.2, 0.25) is 0 Å². The molecule has 0 aliphatic carbocycles. The molecule has 25 heavy (non-hydrogen) atoms. The van der Waals surface area contributed by atoms with Crippen molar-refractivity contribution in [2.24, 2.45) is 0 Å². The van der Waals surface area contributed by atoms with Crippen LogP contribution in [0.5, 0.6) is 0 Å². The topological polar surface area (TPSA) is 111 Å². The number of rotatable bonds is 2. The van der Waals surface area contributed by atoms with Gasteiger partial charge < -0.3 is 5.73 Å². The van der Waals surface area contributed by atoms with Gasteiger partial charge in [0, 0.05) is 10.8 Å². The quantitative estimate of drug-likeness (QED) is 0.318. The number of aromatic nitrogens is 3. The fraction of sp³-hybridized carbons (Fsp3) is 0. The average Bonchev–Trinajstić information content (AvgIpc) is 2.97. The summed E-state index contributed by atoms with van der Waals surface area (Å²) < 4.78 is 32.9. The molecule has 3 aromatic carbocycles. The third kappa shape index (κ3) is 3.03. The van der Waals surface area contributed by atoms with Crippen LogP contribution in [-0.4, -0.2) is 57.5 Å². The molecule has 0 unspecified atom stereocenters. The summed E-state index contributed by atoms with van der Waals surface area (Å²) >= 11 is 0. The summed E-state index contributed by atoms with van der Waals surface area (Å²) in [5.74, 6) is 0. The number of hydrogen-bond donors (Lipinski definition) is 2. The van der Waals surface area contributed by atoms with E-state index in [4.69, 9.17) is 5.73 Å². The van der Waals surface area contributed by atoms with E-state index in [0.717, 1.165) is 0 Å². The van der Waals surface area contributed by atoms with E-state index in [1.54, 1.807) is 48.5 Å². The van der Waals surface area contributed by atoms with Crippen molar-refractivity contribution in [1.29, 1.82) is 0 Å². The van der Waals surface area contributed by atoms with Crippen LogP contribution < -0.4 is 5.73 Å². The molecule has 4 aromatic rings. The first-order valence-corrected chi connectivity index (χ1v) is 8.50. The fourth-order valence-corrected chi connectivity index (χ4v) is 3.42. The Morgan fingerprint density at radius 2 is 1.60 bits per heavy atom. The van der Waals surface area contributed by atoms with Crippen LogP contribution >= 0.6 is 0 Å². The maximum absolute atomic E-state index is 11.7. The van der Waals surface area contributed by atoms with Crippen LogP contribution in [0, 0.1) is 0 Å². The minimum atomic E-state index is -4.39. The van der Waals surface area contributed by atoms with Gasteiger partial charge in [-0.1, -0.05) is 36.4 Å².